The summed E-state index contributed by atoms with van der Waals surface area (Å²) in [5.74, 6) is 0.716. The van der Waals surface area contributed by atoms with Gasteiger partial charge in [0.2, 0.25) is 11.8 Å². The zero-order valence-corrected chi connectivity index (χ0v) is 20.3. The molecule has 3 rings (SSSR count). The molecule has 0 aliphatic carbocycles. The maximum absolute atomic E-state index is 13.1. The molecular formula is C25H32N2O5S. The predicted molar refractivity (Wildman–Crippen MR) is 127 cm³/mol. The van der Waals surface area contributed by atoms with Crippen molar-refractivity contribution in [1.82, 2.24) is 9.80 Å². The number of rotatable bonds is 8. The molecule has 0 N–H and O–H groups in total. The number of hydrogen-bond donors (Lipinski definition) is 0. The lowest BCUT2D eigenvalue weighted by atomic mass is 9.94. The van der Waals surface area contributed by atoms with E-state index in [1.165, 1.54) is 6.26 Å². The zero-order chi connectivity index (χ0) is 24.0. The summed E-state index contributed by atoms with van der Waals surface area (Å²) < 4.78 is 28.9. The summed E-state index contributed by atoms with van der Waals surface area (Å²) in [4.78, 5) is 29.3. The van der Waals surface area contributed by atoms with Crippen molar-refractivity contribution in [2.45, 2.75) is 37.1 Å². The molecule has 1 atom stereocenters. The molecule has 0 aromatic heterocycles. The van der Waals surface area contributed by atoms with Gasteiger partial charge in [-0.15, -0.1) is 0 Å². The Morgan fingerprint density at radius 2 is 1.67 bits per heavy atom. The largest absolute Gasteiger partial charge is 0.493 e. The van der Waals surface area contributed by atoms with Crippen LogP contribution in [0.1, 0.15) is 37.8 Å². The van der Waals surface area contributed by atoms with Crippen LogP contribution in [0.4, 0.5) is 0 Å². The number of carbonyl (C=O) groups excluding carboxylic acids is 2. The van der Waals surface area contributed by atoms with Gasteiger partial charge in [0.25, 0.3) is 0 Å². The second-order valence-electron chi connectivity index (χ2n) is 8.53. The minimum absolute atomic E-state index is 0.0459. The summed E-state index contributed by atoms with van der Waals surface area (Å²) in [6, 6.07) is 15.9. The van der Waals surface area contributed by atoms with Crippen molar-refractivity contribution < 1.29 is 22.7 Å². The minimum atomic E-state index is -3.25. The first-order valence-electron chi connectivity index (χ1n) is 11.2. The van der Waals surface area contributed by atoms with Crippen molar-refractivity contribution in [3.8, 4) is 5.75 Å². The number of piperidine rings is 1. The molecule has 0 radical (unpaired) electrons. The monoisotopic (exact) mass is 472 g/mol. The molecule has 0 bridgehead atoms. The van der Waals surface area contributed by atoms with Crippen LogP contribution in [-0.4, -0.2) is 63.0 Å². The average molecular weight is 473 g/mol. The highest BCUT2D eigenvalue weighted by Crippen LogP contribution is 2.26. The van der Waals surface area contributed by atoms with Crippen LogP contribution in [0.2, 0.25) is 0 Å². The molecule has 1 aliphatic rings. The van der Waals surface area contributed by atoms with E-state index in [2.05, 4.69) is 0 Å². The molecular weight excluding hydrogens is 440 g/mol. The van der Waals surface area contributed by atoms with Crippen LogP contribution in [0.5, 0.6) is 5.75 Å². The quantitative estimate of drug-likeness (QED) is 0.589. The van der Waals surface area contributed by atoms with Crippen molar-refractivity contribution in [2.75, 3.05) is 33.0 Å². The van der Waals surface area contributed by atoms with E-state index in [4.69, 9.17) is 4.74 Å². The molecule has 1 unspecified atom stereocenters. The van der Waals surface area contributed by atoms with E-state index in [1.54, 1.807) is 36.2 Å². The van der Waals surface area contributed by atoms with E-state index in [9.17, 15) is 18.0 Å². The van der Waals surface area contributed by atoms with Gasteiger partial charge >= 0.3 is 0 Å². The Labute approximate surface area is 196 Å². The summed E-state index contributed by atoms with van der Waals surface area (Å²) >= 11 is 0. The molecule has 2 aromatic carbocycles. The van der Waals surface area contributed by atoms with Crippen LogP contribution in [0.3, 0.4) is 0 Å². The van der Waals surface area contributed by atoms with E-state index >= 15 is 0 Å². The van der Waals surface area contributed by atoms with Gasteiger partial charge in [-0.05, 0) is 49.6 Å². The topological polar surface area (TPSA) is 84.0 Å². The molecule has 178 valence electrons. The van der Waals surface area contributed by atoms with E-state index in [0.29, 0.717) is 39.0 Å². The Hall–Kier alpha value is -2.87. The number of benzene rings is 2. The van der Waals surface area contributed by atoms with Gasteiger partial charge in [-0.1, -0.05) is 30.3 Å². The number of sulfone groups is 1. The molecule has 1 saturated heterocycles. The molecule has 1 aliphatic heterocycles. The van der Waals surface area contributed by atoms with Crippen molar-refractivity contribution in [2.24, 2.45) is 5.92 Å². The van der Waals surface area contributed by atoms with Crippen molar-refractivity contribution in [3.63, 3.8) is 0 Å². The summed E-state index contributed by atoms with van der Waals surface area (Å²) in [6.07, 6.45) is 2.75. The highest BCUT2D eigenvalue weighted by Gasteiger charge is 2.30. The SMILES string of the molecule is CC(c1ccc(S(C)(=O)=O)cc1)N(C)C(=O)C1CCN(C(=O)CCOc2ccccc2)CC1. The first kappa shape index (κ1) is 24.8. The lowest BCUT2D eigenvalue weighted by Crippen LogP contribution is -2.44. The third-order valence-corrected chi connectivity index (χ3v) is 7.37. The molecule has 0 saturated carbocycles. The lowest BCUT2D eigenvalue weighted by Gasteiger charge is -2.35. The van der Waals surface area contributed by atoms with Gasteiger partial charge in [-0.2, -0.15) is 0 Å². The fraction of sp³-hybridized carbons (Fsp3) is 0.440. The van der Waals surface area contributed by atoms with E-state index in [-0.39, 0.29) is 28.7 Å². The van der Waals surface area contributed by atoms with E-state index < -0.39 is 9.84 Å². The third-order valence-electron chi connectivity index (χ3n) is 6.24. The number of likely N-dealkylation sites (tertiary alicyclic amines) is 1. The van der Waals surface area contributed by atoms with Crippen LogP contribution in [0.15, 0.2) is 59.5 Å². The van der Waals surface area contributed by atoms with Gasteiger partial charge in [0.15, 0.2) is 9.84 Å². The highest BCUT2D eigenvalue weighted by molar-refractivity contribution is 7.90. The fourth-order valence-electron chi connectivity index (χ4n) is 4.00. The third kappa shape index (κ3) is 6.57. The second-order valence-corrected chi connectivity index (χ2v) is 10.5. The Morgan fingerprint density at radius 1 is 1.06 bits per heavy atom. The summed E-state index contributed by atoms with van der Waals surface area (Å²) in [5, 5.41) is 0. The van der Waals surface area contributed by atoms with Crippen molar-refractivity contribution >= 4 is 21.7 Å². The molecule has 2 aromatic rings. The zero-order valence-electron chi connectivity index (χ0n) is 19.4. The van der Waals surface area contributed by atoms with Crippen molar-refractivity contribution in [3.05, 3.63) is 60.2 Å². The Morgan fingerprint density at radius 3 is 2.24 bits per heavy atom. The Balaban J connectivity index is 1.47. The van der Waals surface area contributed by atoms with Crippen molar-refractivity contribution in [1.29, 1.82) is 0 Å². The Bertz CT molecular complexity index is 1050. The number of amides is 2. The number of hydrogen-bond acceptors (Lipinski definition) is 5. The predicted octanol–water partition coefficient (Wildman–Crippen LogP) is 3.32. The number of nitrogens with zero attached hydrogens (tertiary/aromatic N) is 2. The van der Waals surface area contributed by atoms with E-state index in [1.807, 2.05) is 42.2 Å². The lowest BCUT2D eigenvalue weighted by molar-refractivity contribution is -0.141. The normalized spacial score (nSPS) is 15.7. The van der Waals surface area contributed by atoms with Gasteiger partial charge in [0.1, 0.15) is 5.75 Å². The molecule has 1 heterocycles. The van der Waals surface area contributed by atoms with Crippen LogP contribution < -0.4 is 4.74 Å². The number of carbonyl (C=O) groups is 2. The maximum atomic E-state index is 13.1. The molecule has 8 heteroatoms. The van der Waals surface area contributed by atoms with Crippen LogP contribution in [0.25, 0.3) is 0 Å². The van der Waals surface area contributed by atoms with Gasteiger partial charge in [-0.3, -0.25) is 9.59 Å². The van der Waals surface area contributed by atoms with Crippen LogP contribution >= 0.6 is 0 Å². The van der Waals surface area contributed by atoms with Gasteiger partial charge in [-0.25, -0.2) is 8.42 Å². The summed E-state index contributed by atoms with van der Waals surface area (Å²) in [7, 11) is -1.48. The summed E-state index contributed by atoms with van der Waals surface area (Å²) in [5.41, 5.74) is 0.879. The average Bonchev–Trinajstić information content (AvgIpc) is 2.83. The van der Waals surface area contributed by atoms with Gasteiger partial charge in [0, 0.05) is 32.3 Å². The molecule has 0 spiro atoms. The maximum Gasteiger partial charge on any atom is 0.226 e. The summed E-state index contributed by atoms with van der Waals surface area (Å²) in [6.45, 7) is 3.39. The second kappa shape index (κ2) is 10.8. The molecule has 7 nitrogen and oxygen atoms in total. The van der Waals surface area contributed by atoms with Gasteiger partial charge < -0.3 is 14.5 Å². The van der Waals surface area contributed by atoms with E-state index in [0.717, 1.165) is 11.3 Å². The first-order valence-corrected chi connectivity index (χ1v) is 13.1. The highest BCUT2D eigenvalue weighted by atomic mass is 32.2. The fourth-order valence-corrected chi connectivity index (χ4v) is 4.63. The first-order chi connectivity index (χ1) is 15.7. The molecule has 1 fully saturated rings. The molecule has 33 heavy (non-hydrogen) atoms. The van der Waals surface area contributed by atoms with Crippen LogP contribution in [-0.2, 0) is 19.4 Å². The number of ether oxygens (including phenoxy) is 1. The standard InChI is InChI=1S/C25H32N2O5S/c1-19(20-9-11-23(12-10-20)33(3,30)31)26(2)25(29)21-13-16-27(17-14-21)24(28)15-18-32-22-7-5-4-6-8-22/h4-12,19,21H,13-18H2,1-3H3. The minimum Gasteiger partial charge on any atom is -0.493 e. The van der Waals surface area contributed by atoms with Crippen LogP contribution in [0, 0.1) is 5.92 Å². The smallest absolute Gasteiger partial charge is 0.226 e. The van der Waals surface area contributed by atoms with Gasteiger partial charge in [0.05, 0.1) is 24.0 Å². The number of para-hydroxylation sites is 1. The molecule has 2 amide bonds. The Kier molecular flexibility index (Phi) is 8.13.